The quantitative estimate of drug-likeness (QED) is 0.430. The van der Waals surface area contributed by atoms with E-state index in [0.717, 1.165) is 26.1 Å². The van der Waals surface area contributed by atoms with Crippen molar-refractivity contribution in [3.63, 3.8) is 0 Å². The predicted molar refractivity (Wildman–Crippen MR) is 96.0 cm³/mol. The van der Waals surface area contributed by atoms with Gasteiger partial charge in [0.15, 0.2) is 0 Å². The van der Waals surface area contributed by atoms with Gasteiger partial charge in [-0.15, -0.1) is 0 Å². The third-order valence-corrected chi connectivity index (χ3v) is 4.01. The maximum atomic E-state index is 11.8. The van der Waals surface area contributed by atoms with Crippen LogP contribution < -0.4 is 11.1 Å². The molecule has 3 N–H and O–H groups in total. The fraction of sp³-hybridized carbons (Fsp3) is 0.944. The highest BCUT2D eigenvalue weighted by Crippen LogP contribution is 2.06. The van der Waals surface area contributed by atoms with E-state index in [1.807, 2.05) is 0 Å². The summed E-state index contributed by atoms with van der Waals surface area (Å²) in [6.07, 6.45) is 11.8. The molecule has 0 fully saturated rings. The second-order valence-corrected chi connectivity index (χ2v) is 6.21. The lowest BCUT2D eigenvalue weighted by Crippen LogP contribution is -2.33. The fourth-order valence-electron chi connectivity index (χ4n) is 2.54. The lowest BCUT2D eigenvalue weighted by atomic mass is 10.1. The largest absolute Gasteiger partial charge is 0.356 e. The van der Waals surface area contributed by atoms with Crippen LogP contribution >= 0.6 is 0 Å². The molecule has 0 spiro atoms. The molecule has 0 aromatic carbocycles. The van der Waals surface area contributed by atoms with E-state index in [2.05, 4.69) is 24.1 Å². The van der Waals surface area contributed by atoms with E-state index >= 15 is 0 Å². The molecule has 0 radical (unpaired) electrons. The zero-order valence-electron chi connectivity index (χ0n) is 15.0. The maximum Gasteiger partial charge on any atom is 0.221 e. The standard InChI is InChI=1S/C18H39N3O/c1-3-5-7-9-15-21(16-10-8-6-4-2)17-12-18(22)20-14-11-13-19/h3-17,19H2,1-2H3,(H,20,22). The maximum absolute atomic E-state index is 11.8. The van der Waals surface area contributed by atoms with E-state index in [9.17, 15) is 4.79 Å². The van der Waals surface area contributed by atoms with Gasteiger partial charge in [-0.05, 0) is 38.9 Å². The summed E-state index contributed by atoms with van der Waals surface area (Å²) in [5.41, 5.74) is 5.44. The van der Waals surface area contributed by atoms with Crippen LogP contribution in [0.4, 0.5) is 0 Å². The molecule has 1 amide bonds. The minimum absolute atomic E-state index is 0.167. The molecule has 22 heavy (non-hydrogen) atoms. The number of nitrogens with two attached hydrogens (primary N) is 1. The summed E-state index contributed by atoms with van der Waals surface area (Å²) in [6.45, 7) is 9.02. The molecule has 132 valence electrons. The van der Waals surface area contributed by atoms with Gasteiger partial charge in [-0.1, -0.05) is 52.4 Å². The zero-order chi connectivity index (χ0) is 16.5. The van der Waals surface area contributed by atoms with E-state index in [-0.39, 0.29) is 5.91 Å². The Morgan fingerprint density at radius 3 is 1.95 bits per heavy atom. The first-order valence-corrected chi connectivity index (χ1v) is 9.43. The summed E-state index contributed by atoms with van der Waals surface area (Å²) in [5, 5.41) is 2.95. The number of unbranched alkanes of at least 4 members (excludes halogenated alkanes) is 6. The molecule has 4 heteroatoms. The first kappa shape index (κ1) is 21.4. The van der Waals surface area contributed by atoms with Crippen molar-refractivity contribution in [2.75, 3.05) is 32.7 Å². The lowest BCUT2D eigenvalue weighted by molar-refractivity contribution is -0.121. The van der Waals surface area contributed by atoms with Crippen LogP contribution in [0.5, 0.6) is 0 Å². The topological polar surface area (TPSA) is 58.4 Å². The van der Waals surface area contributed by atoms with Crippen LogP contribution in [0.15, 0.2) is 0 Å². The highest BCUT2D eigenvalue weighted by Gasteiger charge is 2.08. The number of hydrogen-bond acceptors (Lipinski definition) is 3. The van der Waals surface area contributed by atoms with E-state index in [0.29, 0.717) is 19.5 Å². The fourth-order valence-corrected chi connectivity index (χ4v) is 2.54. The second-order valence-electron chi connectivity index (χ2n) is 6.21. The van der Waals surface area contributed by atoms with Gasteiger partial charge in [-0.2, -0.15) is 0 Å². The third-order valence-electron chi connectivity index (χ3n) is 4.01. The van der Waals surface area contributed by atoms with Gasteiger partial charge in [0.25, 0.3) is 0 Å². The summed E-state index contributed by atoms with van der Waals surface area (Å²) in [4.78, 5) is 14.3. The Kier molecular flexibility index (Phi) is 16.3. The van der Waals surface area contributed by atoms with Crippen molar-refractivity contribution in [2.45, 2.75) is 78.1 Å². The Bertz CT molecular complexity index is 234. The molecule has 0 atom stereocenters. The van der Waals surface area contributed by atoms with Crippen LogP contribution in [0.3, 0.4) is 0 Å². The molecule has 0 aliphatic heterocycles. The summed E-state index contributed by atoms with van der Waals surface area (Å²) in [7, 11) is 0. The Balaban J connectivity index is 3.90. The Labute approximate surface area is 138 Å². The summed E-state index contributed by atoms with van der Waals surface area (Å²) in [6, 6.07) is 0. The van der Waals surface area contributed by atoms with E-state index in [4.69, 9.17) is 5.73 Å². The number of hydrogen-bond donors (Lipinski definition) is 2. The zero-order valence-corrected chi connectivity index (χ0v) is 15.0. The Morgan fingerprint density at radius 2 is 1.45 bits per heavy atom. The van der Waals surface area contributed by atoms with E-state index in [1.165, 1.54) is 51.4 Å². The molecule has 0 saturated heterocycles. The molecule has 0 aliphatic carbocycles. The van der Waals surface area contributed by atoms with Crippen molar-refractivity contribution in [3.05, 3.63) is 0 Å². The number of rotatable bonds is 16. The summed E-state index contributed by atoms with van der Waals surface area (Å²) >= 11 is 0. The van der Waals surface area contributed by atoms with Gasteiger partial charge in [0.1, 0.15) is 0 Å². The van der Waals surface area contributed by atoms with Gasteiger partial charge in [0.05, 0.1) is 0 Å². The molecular weight excluding hydrogens is 274 g/mol. The molecule has 4 nitrogen and oxygen atoms in total. The molecule has 0 rings (SSSR count). The molecular formula is C18H39N3O. The molecule has 0 aromatic rings. The van der Waals surface area contributed by atoms with Crippen LogP contribution in [-0.4, -0.2) is 43.5 Å². The Morgan fingerprint density at radius 1 is 0.864 bits per heavy atom. The van der Waals surface area contributed by atoms with E-state index in [1.54, 1.807) is 0 Å². The third kappa shape index (κ3) is 14.3. The SMILES string of the molecule is CCCCCCN(CCCCCC)CCC(=O)NCCCN. The number of carbonyl (C=O) groups excluding carboxylic acids is 1. The van der Waals surface area contributed by atoms with Crippen molar-refractivity contribution < 1.29 is 4.79 Å². The van der Waals surface area contributed by atoms with Gasteiger partial charge in [-0.3, -0.25) is 4.79 Å². The Hall–Kier alpha value is -0.610. The summed E-state index contributed by atoms with van der Waals surface area (Å²) in [5.74, 6) is 0.167. The van der Waals surface area contributed by atoms with Crippen LogP contribution in [0.25, 0.3) is 0 Å². The minimum Gasteiger partial charge on any atom is -0.356 e. The first-order chi connectivity index (χ1) is 10.7. The van der Waals surface area contributed by atoms with Crippen LogP contribution in [-0.2, 0) is 4.79 Å². The molecule has 0 unspecified atom stereocenters. The molecule has 0 aromatic heterocycles. The predicted octanol–water partition coefficient (Wildman–Crippen LogP) is 3.30. The van der Waals surface area contributed by atoms with E-state index < -0.39 is 0 Å². The molecule has 0 aliphatic rings. The van der Waals surface area contributed by atoms with Gasteiger partial charge >= 0.3 is 0 Å². The van der Waals surface area contributed by atoms with Gasteiger partial charge in [-0.25, -0.2) is 0 Å². The van der Waals surface area contributed by atoms with Crippen molar-refractivity contribution in [1.82, 2.24) is 10.2 Å². The normalized spacial score (nSPS) is 11.1. The number of nitrogens with zero attached hydrogens (tertiary/aromatic N) is 1. The molecule has 0 heterocycles. The van der Waals surface area contributed by atoms with Crippen molar-refractivity contribution in [1.29, 1.82) is 0 Å². The van der Waals surface area contributed by atoms with Gasteiger partial charge < -0.3 is 16.0 Å². The van der Waals surface area contributed by atoms with Crippen LogP contribution in [0.1, 0.15) is 78.1 Å². The number of nitrogens with one attached hydrogen (secondary N) is 1. The lowest BCUT2D eigenvalue weighted by Gasteiger charge is -2.22. The van der Waals surface area contributed by atoms with Gasteiger partial charge in [0, 0.05) is 19.5 Å². The molecule has 0 saturated carbocycles. The smallest absolute Gasteiger partial charge is 0.221 e. The first-order valence-electron chi connectivity index (χ1n) is 9.43. The second kappa shape index (κ2) is 16.8. The monoisotopic (exact) mass is 313 g/mol. The molecule has 0 bridgehead atoms. The van der Waals surface area contributed by atoms with Gasteiger partial charge in [0.2, 0.25) is 5.91 Å². The average molecular weight is 314 g/mol. The van der Waals surface area contributed by atoms with Crippen molar-refractivity contribution in [2.24, 2.45) is 5.73 Å². The van der Waals surface area contributed by atoms with Crippen LogP contribution in [0, 0.1) is 0 Å². The van der Waals surface area contributed by atoms with Crippen molar-refractivity contribution in [3.8, 4) is 0 Å². The van der Waals surface area contributed by atoms with Crippen molar-refractivity contribution >= 4 is 5.91 Å². The number of carbonyl (C=O) groups is 1. The highest BCUT2D eigenvalue weighted by atomic mass is 16.1. The number of amides is 1. The summed E-state index contributed by atoms with van der Waals surface area (Å²) < 4.78 is 0. The minimum atomic E-state index is 0.167. The van der Waals surface area contributed by atoms with Crippen LogP contribution in [0.2, 0.25) is 0 Å². The highest BCUT2D eigenvalue weighted by molar-refractivity contribution is 5.75. The average Bonchev–Trinajstić information content (AvgIpc) is 2.52.